The van der Waals surface area contributed by atoms with Crippen molar-refractivity contribution in [3.63, 3.8) is 0 Å². The molecule has 0 radical (unpaired) electrons. The van der Waals surface area contributed by atoms with Gasteiger partial charge in [-0.05, 0) is 43.2 Å². The number of ether oxygens (including phenoxy) is 1. The van der Waals surface area contributed by atoms with Gasteiger partial charge in [-0.3, -0.25) is 4.21 Å². The SMILES string of the molecule is Cc1ccc(C[S@](=O)CCCOc2ccc(F)cc2)cc1. The first-order chi connectivity index (χ1) is 10.1. The molecule has 0 heterocycles. The summed E-state index contributed by atoms with van der Waals surface area (Å²) >= 11 is 0. The van der Waals surface area contributed by atoms with Gasteiger partial charge in [0, 0.05) is 22.3 Å². The van der Waals surface area contributed by atoms with Crippen molar-refractivity contribution in [2.24, 2.45) is 0 Å². The van der Waals surface area contributed by atoms with Gasteiger partial charge in [-0.1, -0.05) is 29.8 Å². The van der Waals surface area contributed by atoms with E-state index in [-0.39, 0.29) is 5.82 Å². The molecule has 0 N–H and O–H groups in total. The van der Waals surface area contributed by atoms with E-state index >= 15 is 0 Å². The van der Waals surface area contributed by atoms with Gasteiger partial charge in [0.05, 0.1) is 6.61 Å². The summed E-state index contributed by atoms with van der Waals surface area (Å²) in [5.41, 5.74) is 2.30. The van der Waals surface area contributed by atoms with Crippen LogP contribution in [0.5, 0.6) is 5.75 Å². The molecule has 112 valence electrons. The lowest BCUT2D eigenvalue weighted by atomic mass is 10.2. The molecule has 4 heteroatoms. The first kappa shape index (κ1) is 15.7. The summed E-state index contributed by atoms with van der Waals surface area (Å²) < 4.78 is 30.2. The second kappa shape index (κ2) is 7.93. The molecule has 0 aromatic heterocycles. The zero-order valence-corrected chi connectivity index (χ0v) is 12.9. The van der Waals surface area contributed by atoms with Crippen LogP contribution in [0.25, 0.3) is 0 Å². The van der Waals surface area contributed by atoms with Crippen molar-refractivity contribution in [2.45, 2.75) is 19.1 Å². The van der Waals surface area contributed by atoms with Crippen molar-refractivity contribution in [3.05, 3.63) is 65.5 Å². The highest BCUT2D eigenvalue weighted by Crippen LogP contribution is 2.11. The summed E-state index contributed by atoms with van der Waals surface area (Å²) in [6.07, 6.45) is 0.718. The van der Waals surface area contributed by atoms with Crippen LogP contribution < -0.4 is 4.74 Å². The quantitative estimate of drug-likeness (QED) is 0.726. The summed E-state index contributed by atoms with van der Waals surface area (Å²) in [6, 6.07) is 14.0. The van der Waals surface area contributed by atoms with Crippen molar-refractivity contribution in [3.8, 4) is 5.75 Å². The summed E-state index contributed by atoms with van der Waals surface area (Å²) in [5.74, 6) is 1.55. The maximum Gasteiger partial charge on any atom is 0.123 e. The van der Waals surface area contributed by atoms with E-state index in [1.54, 1.807) is 12.1 Å². The van der Waals surface area contributed by atoms with Gasteiger partial charge in [0.15, 0.2) is 0 Å². The largest absolute Gasteiger partial charge is 0.494 e. The summed E-state index contributed by atoms with van der Waals surface area (Å²) in [7, 11) is -0.879. The summed E-state index contributed by atoms with van der Waals surface area (Å²) in [4.78, 5) is 0. The Kier molecular flexibility index (Phi) is 5.93. The zero-order valence-electron chi connectivity index (χ0n) is 12.0. The van der Waals surface area contributed by atoms with Gasteiger partial charge >= 0.3 is 0 Å². The normalized spacial score (nSPS) is 12.1. The lowest BCUT2D eigenvalue weighted by Crippen LogP contribution is -2.06. The predicted molar refractivity (Wildman–Crippen MR) is 84.4 cm³/mol. The minimum absolute atomic E-state index is 0.276. The number of halogens is 1. The Bertz CT molecular complexity index is 579. The van der Waals surface area contributed by atoms with E-state index in [4.69, 9.17) is 4.74 Å². The van der Waals surface area contributed by atoms with E-state index < -0.39 is 10.8 Å². The molecule has 0 fully saturated rings. The van der Waals surface area contributed by atoms with Crippen LogP contribution in [0.15, 0.2) is 48.5 Å². The lowest BCUT2D eigenvalue weighted by molar-refractivity contribution is 0.318. The second-order valence-electron chi connectivity index (χ2n) is 4.93. The maximum atomic E-state index is 12.7. The number of rotatable bonds is 7. The van der Waals surface area contributed by atoms with E-state index in [0.29, 0.717) is 23.9 Å². The van der Waals surface area contributed by atoms with Crippen molar-refractivity contribution in [1.29, 1.82) is 0 Å². The molecule has 0 spiro atoms. The molecule has 0 aliphatic carbocycles. The molecule has 0 aliphatic heterocycles. The molecule has 2 aromatic rings. The van der Waals surface area contributed by atoms with Gasteiger partial charge in [-0.2, -0.15) is 0 Å². The summed E-state index contributed by atoms with van der Waals surface area (Å²) in [6.45, 7) is 2.53. The number of hydrogen-bond donors (Lipinski definition) is 0. The molecular weight excluding hydrogens is 287 g/mol. The van der Waals surface area contributed by atoms with Gasteiger partial charge < -0.3 is 4.74 Å². The van der Waals surface area contributed by atoms with Crippen LogP contribution in [-0.2, 0) is 16.6 Å². The molecule has 0 aliphatic rings. The Morgan fingerprint density at radius 3 is 2.38 bits per heavy atom. The molecule has 0 saturated heterocycles. The zero-order chi connectivity index (χ0) is 15.1. The van der Waals surface area contributed by atoms with Crippen LogP contribution in [0, 0.1) is 12.7 Å². The maximum absolute atomic E-state index is 12.7. The Morgan fingerprint density at radius 1 is 1.05 bits per heavy atom. The minimum atomic E-state index is -0.879. The van der Waals surface area contributed by atoms with Crippen LogP contribution in [0.4, 0.5) is 4.39 Å². The smallest absolute Gasteiger partial charge is 0.123 e. The number of aryl methyl sites for hydroxylation is 1. The molecule has 0 bridgehead atoms. The van der Waals surface area contributed by atoms with Gasteiger partial charge in [0.1, 0.15) is 11.6 Å². The lowest BCUT2D eigenvalue weighted by Gasteiger charge is -2.06. The van der Waals surface area contributed by atoms with Crippen molar-refractivity contribution in [2.75, 3.05) is 12.4 Å². The molecule has 21 heavy (non-hydrogen) atoms. The molecule has 0 amide bonds. The van der Waals surface area contributed by atoms with Crippen LogP contribution in [0.3, 0.4) is 0 Å². The Balaban J connectivity index is 1.67. The predicted octanol–water partition coefficient (Wildman–Crippen LogP) is 3.85. The van der Waals surface area contributed by atoms with E-state index in [2.05, 4.69) is 0 Å². The fraction of sp³-hybridized carbons (Fsp3) is 0.294. The second-order valence-corrected chi connectivity index (χ2v) is 6.51. The third-order valence-electron chi connectivity index (χ3n) is 3.05. The number of hydrogen-bond acceptors (Lipinski definition) is 2. The van der Waals surface area contributed by atoms with Crippen LogP contribution in [0.1, 0.15) is 17.5 Å². The highest BCUT2D eigenvalue weighted by atomic mass is 32.2. The van der Waals surface area contributed by atoms with Gasteiger partial charge in [-0.15, -0.1) is 0 Å². The highest BCUT2D eigenvalue weighted by Gasteiger charge is 2.02. The monoisotopic (exact) mass is 306 g/mol. The molecule has 0 unspecified atom stereocenters. The van der Waals surface area contributed by atoms with E-state index in [0.717, 1.165) is 12.0 Å². The standard InChI is InChI=1S/C17H19FO2S/c1-14-3-5-15(6-4-14)13-21(19)12-2-11-20-17-9-7-16(18)8-10-17/h3-10H,2,11-13H2,1H3/t21-/m1/s1. The molecule has 2 rings (SSSR count). The summed E-state index contributed by atoms with van der Waals surface area (Å²) in [5, 5.41) is 0. The fourth-order valence-electron chi connectivity index (χ4n) is 1.88. The Labute approximate surface area is 127 Å². The van der Waals surface area contributed by atoms with Crippen LogP contribution >= 0.6 is 0 Å². The molecular formula is C17H19FO2S. The van der Waals surface area contributed by atoms with E-state index in [1.807, 2.05) is 31.2 Å². The van der Waals surface area contributed by atoms with Gasteiger partial charge in [0.25, 0.3) is 0 Å². The molecule has 2 nitrogen and oxygen atoms in total. The minimum Gasteiger partial charge on any atom is -0.494 e. The first-order valence-electron chi connectivity index (χ1n) is 6.92. The van der Waals surface area contributed by atoms with Gasteiger partial charge in [0.2, 0.25) is 0 Å². The average Bonchev–Trinajstić information content (AvgIpc) is 2.48. The van der Waals surface area contributed by atoms with Crippen molar-refractivity contribution < 1.29 is 13.3 Å². The fourth-order valence-corrected chi connectivity index (χ4v) is 3.03. The van der Waals surface area contributed by atoms with E-state index in [1.165, 1.54) is 17.7 Å². The molecule has 2 aromatic carbocycles. The van der Waals surface area contributed by atoms with Crippen molar-refractivity contribution >= 4 is 10.8 Å². The Hall–Kier alpha value is -1.68. The average molecular weight is 306 g/mol. The van der Waals surface area contributed by atoms with Crippen molar-refractivity contribution in [1.82, 2.24) is 0 Å². The van der Waals surface area contributed by atoms with Crippen LogP contribution in [-0.4, -0.2) is 16.6 Å². The molecule has 1 atom stereocenters. The molecule has 0 saturated carbocycles. The first-order valence-corrected chi connectivity index (χ1v) is 8.41. The van der Waals surface area contributed by atoms with Crippen LogP contribution in [0.2, 0.25) is 0 Å². The highest BCUT2D eigenvalue weighted by molar-refractivity contribution is 7.84. The topological polar surface area (TPSA) is 26.3 Å². The van der Waals surface area contributed by atoms with Gasteiger partial charge in [-0.25, -0.2) is 4.39 Å². The Morgan fingerprint density at radius 2 is 1.71 bits per heavy atom. The third kappa shape index (κ3) is 5.68. The number of benzene rings is 2. The van der Waals surface area contributed by atoms with E-state index in [9.17, 15) is 8.60 Å². The third-order valence-corrected chi connectivity index (χ3v) is 4.45.